The van der Waals surface area contributed by atoms with Crippen LogP contribution < -0.4 is 0 Å². The molecule has 0 N–H and O–H groups in total. The lowest BCUT2D eigenvalue weighted by atomic mass is 10.2. The largest absolute Gasteiger partial charge is 0.352 e. The number of rotatable bonds is 2. The molecule has 0 amide bonds. The Balaban J connectivity index is 2.14. The number of alkyl halides is 1. The first kappa shape index (κ1) is 6.12. The van der Waals surface area contributed by atoms with Crippen molar-refractivity contribution in [3.8, 4) is 0 Å². The van der Waals surface area contributed by atoms with Gasteiger partial charge in [-0.2, -0.15) is 0 Å². The summed E-state index contributed by atoms with van der Waals surface area (Å²) in [6.45, 7) is 5.71. The van der Waals surface area contributed by atoms with Crippen molar-refractivity contribution in [3.63, 3.8) is 0 Å². The molecule has 0 spiro atoms. The molecular formula is C6H9ClO. The van der Waals surface area contributed by atoms with Crippen molar-refractivity contribution < 1.29 is 4.74 Å². The zero-order valence-corrected chi connectivity index (χ0v) is 5.61. The zero-order chi connectivity index (χ0) is 6.15. The summed E-state index contributed by atoms with van der Waals surface area (Å²) in [7, 11) is 0. The van der Waals surface area contributed by atoms with Crippen molar-refractivity contribution in [1.82, 2.24) is 0 Å². The van der Waals surface area contributed by atoms with E-state index >= 15 is 0 Å². The van der Waals surface area contributed by atoms with Gasteiger partial charge in [-0.25, -0.2) is 0 Å². The van der Waals surface area contributed by atoms with E-state index in [2.05, 4.69) is 6.58 Å². The van der Waals surface area contributed by atoms with Gasteiger partial charge in [0.05, 0.1) is 0 Å². The summed E-state index contributed by atoms with van der Waals surface area (Å²) in [5.41, 5.74) is 1.10. The van der Waals surface area contributed by atoms with Crippen LogP contribution in [0.2, 0.25) is 0 Å². The maximum Gasteiger partial charge on any atom is 0.158 e. The van der Waals surface area contributed by atoms with E-state index in [1.165, 1.54) is 0 Å². The summed E-state index contributed by atoms with van der Waals surface area (Å²) in [6, 6.07) is 0. The fourth-order valence-electron chi connectivity index (χ4n) is 0.606. The molecule has 2 atom stereocenters. The first-order chi connectivity index (χ1) is 3.70. The van der Waals surface area contributed by atoms with Crippen LogP contribution >= 0.6 is 11.6 Å². The highest BCUT2D eigenvalue weighted by atomic mass is 35.5. The maximum absolute atomic E-state index is 5.53. The molecule has 0 aromatic heterocycles. The molecule has 0 radical (unpaired) electrons. The van der Waals surface area contributed by atoms with E-state index < -0.39 is 0 Å². The molecule has 46 valence electrons. The van der Waals surface area contributed by atoms with Crippen LogP contribution in [-0.4, -0.2) is 11.7 Å². The van der Waals surface area contributed by atoms with Gasteiger partial charge in [0, 0.05) is 0 Å². The van der Waals surface area contributed by atoms with Gasteiger partial charge in [0.2, 0.25) is 0 Å². The number of hydrogen-bond acceptors (Lipinski definition) is 1. The van der Waals surface area contributed by atoms with Crippen molar-refractivity contribution in [2.45, 2.75) is 25.0 Å². The van der Waals surface area contributed by atoms with Gasteiger partial charge in [0.1, 0.15) is 6.10 Å². The Morgan fingerprint density at radius 1 is 1.88 bits per heavy atom. The predicted octanol–water partition coefficient (Wildman–Crippen LogP) is 1.92. The summed E-state index contributed by atoms with van der Waals surface area (Å²) >= 11 is 5.53. The third-order valence-corrected chi connectivity index (χ3v) is 1.45. The summed E-state index contributed by atoms with van der Waals surface area (Å²) in [6.07, 6.45) is 1.17. The first-order valence-electron chi connectivity index (χ1n) is 2.64. The predicted molar refractivity (Wildman–Crippen MR) is 33.9 cm³/mol. The number of halogens is 1. The van der Waals surface area contributed by atoms with E-state index in [0.717, 1.165) is 12.0 Å². The normalized spacial score (nSPS) is 34.8. The van der Waals surface area contributed by atoms with Crippen LogP contribution in [0.4, 0.5) is 0 Å². The molecule has 1 rings (SSSR count). The topological polar surface area (TPSA) is 12.5 Å². The summed E-state index contributed by atoms with van der Waals surface area (Å²) in [4.78, 5) is 0. The minimum absolute atomic E-state index is 0.0355. The van der Waals surface area contributed by atoms with Crippen LogP contribution in [0.5, 0.6) is 0 Å². The third kappa shape index (κ3) is 1.49. The van der Waals surface area contributed by atoms with E-state index in [4.69, 9.17) is 16.3 Å². The standard InChI is InChI=1S/C6H9ClO/c1-4(2)3-5-6(7)8-5/h5-6H,1,3H2,2H3/t5?,6-/m0/s1. The Morgan fingerprint density at radius 2 is 2.38 bits per heavy atom. The molecular weight excluding hydrogens is 124 g/mol. The Kier molecular flexibility index (Phi) is 1.59. The third-order valence-electron chi connectivity index (χ3n) is 1.07. The maximum atomic E-state index is 5.53. The van der Waals surface area contributed by atoms with Gasteiger partial charge < -0.3 is 4.74 Å². The number of ether oxygens (including phenoxy) is 1. The van der Waals surface area contributed by atoms with Gasteiger partial charge in [0.15, 0.2) is 5.56 Å². The van der Waals surface area contributed by atoms with Crippen molar-refractivity contribution in [1.29, 1.82) is 0 Å². The van der Waals surface area contributed by atoms with E-state index in [1.54, 1.807) is 0 Å². The molecule has 1 heterocycles. The SMILES string of the molecule is C=C(C)CC1O[C@@H]1Cl. The van der Waals surface area contributed by atoms with E-state index in [1.807, 2.05) is 6.92 Å². The number of hydrogen-bond donors (Lipinski definition) is 0. The van der Waals surface area contributed by atoms with E-state index in [-0.39, 0.29) is 11.7 Å². The Hall–Kier alpha value is -0.0100. The van der Waals surface area contributed by atoms with Crippen molar-refractivity contribution in [2.24, 2.45) is 0 Å². The van der Waals surface area contributed by atoms with Gasteiger partial charge in [-0.1, -0.05) is 17.2 Å². The summed E-state index contributed by atoms with van der Waals surface area (Å²) < 4.78 is 4.93. The van der Waals surface area contributed by atoms with Crippen molar-refractivity contribution in [3.05, 3.63) is 12.2 Å². The molecule has 1 nitrogen and oxygen atoms in total. The molecule has 0 aliphatic carbocycles. The highest BCUT2D eigenvalue weighted by Crippen LogP contribution is 2.30. The quantitative estimate of drug-likeness (QED) is 0.318. The molecule has 1 fully saturated rings. The zero-order valence-electron chi connectivity index (χ0n) is 4.86. The Bertz CT molecular complexity index is 111. The second kappa shape index (κ2) is 2.08. The molecule has 8 heavy (non-hydrogen) atoms. The average Bonchev–Trinajstić information content (AvgIpc) is 2.17. The number of epoxide rings is 1. The summed E-state index contributed by atoms with van der Waals surface area (Å²) in [5.74, 6) is 0. The second-order valence-corrected chi connectivity index (χ2v) is 2.62. The fourth-order valence-corrected chi connectivity index (χ4v) is 0.827. The van der Waals surface area contributed by atoms with Gasteiger partial charge in [-0.15, -0.1) is 6.58 Å². The first-order valence-corrected chi connectivity index (χ1v) is 3.07. The molecule has 0 aromatic carbocycles. The molecule has 1 unspecified atom stereocenters. The lowest BCUT2D eigenvalue weighted by Crippen LogP contribution is -1.86. The van der Waals surface area contributed by atoms with Gasteiger partial charge in [-0.3, -0.25) is 0 Å². The lowest BCUT2D eigenvalue weighted by Gasteiger charge is -1.88. The molecule has 2 heteroatoms. The molecule has 0 bridgehead atoms. The van der Waals surface area contributed by atoms with E-state index in [0.29, 0.717) is 0 Å². The highest BCUT2D eigenvalue weighted by Gasteiger charge is 2.36. The van der Waals surface area contributed by atoms with Crippen molar-refractivity contribution >= 4 is 11.6 Å². The molecule has 1 saturated heterocycles. The smallest absolute Gasteiger partial charge is 0.158 e. The van der Waals surface area contributed by atoms with Gasteiger partial charge >= 0.3 is 0 Å². The Morgan fingerprint density at radius 3 is 2.50 bits per heavy atom. The van der Waals surface area contributed by atoms with E-state index in [9.17, 15) is 0 Å². The van der Waals surface area contributed by atoms with Crippen LogP contribution in [0.25, 0.3) is 0 Å². The van der Waals surface area contributed by atoms with Crippen molar-refractivity contribution in [2.75, 3.05) is 0 Å². The van der Waals surface area contributed by atoms with Gasteiger partial charge in [0.25, 0.3) is 0 Å². The molecule has 1 aliphatic rings. The van der Waals surface area contributed by atoms with Crippen LogP contribution in [0.3, 0.4) is 0 Å². The fraction of sp³-hybridized carbons (Fsp3) is 0.667. The van der Waals surface area contributed by atoms with Crippen LogP contribution in [-0.2, 0) is 4.74 Å². The molecule has 1 aliphatic heterocycles. The van der Waals surface area contributed by atoms with Gasteiger partial charge in [-0.05, 0) is 13.3 Å². The monoisotopic (exact) mass is 132 g/mol. The van der Waals surface area contributed by atoms with Crippen LogP contribution in [0, 0.1) is 0 Å². The average molecular weight is 133 g/mol. The summed E-state index contributed by atoms with van der Waals surface area (Å²) in [5, 5.41) is 0. The molecule has 0 saturated carbocycles. The second-order valence-electron chi connectivity index (χ2n) is 2.19. The molecule has 0 aromatic rings. The lowest BCUT2D eigenvalue weighted by molar-refractivity contribution is 0.397. The highest BCUT2D eigenvalue weighted by molar-refractivity contribution is 6.21. The Labute approximate surface area is 54.3 Å². The minimum atomic E-state index is -0.0355. The van der Waals surface area contributed by atoms with Crippen LogP contribution in [0.1, 0.15) is 13.3 Å². The minimum Gasteiger partial charge on any atom is -0.352 e. The van der Waals surface area contributed by atoms with Crippen LogP contribution in [0.15, 0.2) is 12.2 Å².